The van der Waals surface area contributed by atoms with Gasteiger partial charge < -0.3 is 10.1 Å². The molecule has 1 heterocycles. The molecular weight excluding hydrogens is 268 g/mol. The van der Waals surface area contributed by atoms with Crippen molar-refractivity contribution in [2.24, 2.45) is 0 Å². The van der Waals surface area contributed by atoms with E-state index in [1.165, 1.54) is 5.56 Å². The van der Waals surface area contributed by atoms with Crippen LogP contribution in [0, 0.1) is 0 Å². The van der Waals surface area contributed by atoms with Crippen molar-refractivity contribution in [1.82, 2.24) is 4.98 Å². The summed E-state index contributed by atoms with van der Waals surface area (Å²) >= 11 is 1.63. The number of nitrogens with one attached hydrogen (secondary N) is 1. The highest BCUT2D eigenvalue weighted by Crippen LogP contribution is 2.30. The fourth-order valence-electron chi connectivity index (χ4n) is 2.03. The van der Waals surface area contributed by atoms with Gasteiger partial charge in [-0.25, -0.2) is 4.98 Å². The molecule has 0 aliphatic rings. The van der Waals surface area contributed by atoms with Gasteiger partial charge in [0.15, 0.2) is 5.13 Å². The van der Waals surface area contributed by atoms with Gasteiger partial charge in [0.2, 0.25) is 0 Å². The van der Waals surface area contributed by atoms with E-state index in [4.69, 9.17) is 4.74 Å². The Morgan fingerprint density at radius 1 is 1.15 bits per heavy atom. The highest BCUT2D eigenvalue weighted by molar-refractivity contribution is 7.22. The molecule has 3 rings (SSSR count). The first kappa shape index (κ1) is 12.9. The zero-order valence-corrected chi connectivity index (χ0v) is 12.3. The van der Waals surface area contributed by atoms with Gasteiger partial charge in [-0.2, -0.15) is 0 Å². The minimum absolute atomic E-state index is 0.861. The fourth-order valence-corrected chi connectivity index (χ4v) is 2.95. The third-order valence-electron chi connectivity index (χ3n) is 3.21. The summed E-state index contributed by atoms with van der Waals surface area (Å²) < 4.78 is 6.36. The van der Waals surface area contributed by atoms with Crippen LogP contribution in [0.4, 0.5) is 10.8 Å². The molecule has 4 heteroatoms. The van der Waals surface area contributed by atoms with Crippen LogP contribution < -0.4 is 10.1 Å². The molecule has 3 nitrogen and oxygen atoms in total. The molecule has 0 aliphatic heterocycles. The van der Waals surface area contributed by atoms with Crippen molar-refractivity contribution >= 4 is 32.4 Å². The number of aryl methyl sites for hydroxylation is 1. The van der Waals surface area contributed by atoms with Crippen LogP contribution in [0.5, 0.6) is 5.75 Å². The lowest BCUT2D eigenvalue weighted by molar-refractivity contribution is 0.415. The normalized spacial score (nSPS) is 10.7. The number of anilines is 2. The largest absolute Gasteiger partial charge is 0.497 e. The van der Waals surface area contributed by atoms with Crippen molar-refractivity contribution in [2.75, 3.05) is 12.4 Å². The zero-order valence-electron chi connectivity index (χ0n) is 11.5. The van der Waals surface area contributed by atoms with Crippen LogP contribution in [-0.4, -0.2) is 12.1 Å². The first-order chi connectivity index (χ1) is 9.78. The van der Waals surface area contributed by atoms with E-state index in [2.05, 4.69) is 41.5 Å². The number of rotatable bonds is 4. The van der Waals surface area contributed by atoms with Gasteiger partial charge >= 0.3 is 0 Å². The molecule has 0 saturated heterocycles. The molecule has 102 valence electrons. The number of fused-ring (bicyclic) bond motifs is 1. The van der Waals surface area contributed by atoms with E-state index in [0.29, 0.717) is 0 Å². The van der Waals surface area contributed by atoms with Gasteiger partial charge in [-0.15, -0.1) is 0 Å². The standard InChI is InChI=1S/C16H16N2OS/c1-3-11-4-6-12(7-5-11)17-16-18-14-9-8-13(19-2)10-15(14)20-16/h4-10H,3H2,1-2H3,(H,17,18). The Morgan fingerprint density at radius 2 is 1.95 bits per heavy atom. The summed E-state index contributed by atoms with van der Waals surface area (Å²) in [5.74, 6) is 0.861. The number of hydrogen-bond acceptors (Lipinski definition) is 4. The van der Waals surface area contributed by atoms with Gasteiger partial charge in [0.05, 0.1) is 17.3 Å². The Morgan fingerprint density at radius 3 is 2.65 bits per heavy atom. The Labute approximate surface area is 122 Å². The van der Waals surface area contributed by atoms with E-state index in [1.54, 1.807) is 18.4 Å². The number of benzene rings is 2. The molecule has 0 amide bonds. The first-order valence-corrected chi connectivity index (χ1v) is 7.40. The quantitative estimate of drug-likeness (QED) is 0.759. The average Bonchev–Trinajstić information content (AvgIpc) is 2.89. The molecule has 0 spiro atoms. The van der Waals surface area contributed by atoms with Crippen molar-refractivity contribution in [1.29, 1.82) is 0 Å². The van der Waals surface area contributed by atoms with E-state index >= 15 is 0 Å². The number of hydrogen-bond donors (Lipinski definition) is 1. The summed E-state index contributed by atoms with van der Waals surface area (Å²) in [6.07, 6.45) is 1.06. The smallest absolute Gasteiger partial charge is 0.188 e. The van der Waals surface area contributed by atoms with E-state index in [9.17, 15) is 0 Å². The number of methoxy groups -OCH3 is 1. The van der Waals surface area contributed by atoms with Crippen LogP contribution in [0.3, 0.4) is 0 Å². The van der Waals surface area contributed by atoms with Crippen molar-refractivity contribution in [2.45, 2.75) is 13.3 Å². The van der Waals surface area contributed by atoms with Gasteiger partial charge in [-0.1, -0.05) is 30.4 Å². The lowest BCUT2D eigenvalue weighted by atomic mass is 10.1. The average molecular weight is 284 g/mol. The Balaban J connectivity index is 1.86. The topological polar surface area (TPSA) is 34.2 Å². The van der Waals surface area contributed by atoms with Gasteiger partial charge in [0.1, 0.15) is 5.75 Å². The highest BCUT2D eigenvalue weighted by atomic mass is 32.1. The number of aromatic nitrogens is 1. The van der Waals surface area contributed by atoms with E-state index < -0.39 is 0 Å². The minimum atomic E-state index is 0.861. The third kappa shape index (κ3) is 2.60. The predicted molar refractivity (Wildman–Crippen MR) is 85.3 cm³/mol. The van der Waals surface area contributed by atoms with Gasteiger partial charge in [0, 0.05) is 5.69 Å². The molecule has 0 fully saturated rings. The van der Waals surface area contributed by atoms with E-state index in [1.807, 2.05) is 18.2 Å². The first-order valence-electron chi connectivity index (χ1n) is 6.59. The summed E-state index contributed by atoms with van der Waals surface area (Å²) in [7, 11) is 1.68. The predicted octanol–water partition coefficient (Wildman–Crippen LogP) is 4.61. The third-order valence-corrected chi connectivity index (χ3v) is 4.14. The maximum Gasteiger partial charge on any atom is 0.188 e. The molecule has 0 radical (unpaired) electrons. The second-order valence-electron chi connectivity index (χ2n) is 4.53. The molecule has 0 unspecified atom stereocenters. The molecule has 1 N–H and O–H groups in total. The Kier molecular flexibility index (Phi) is 3.56. The number of nitrogens with zero attached hydrogens (tertiary/aromatic N) is 1. The van der Waals surface area contributed by atoms with Crippen molar-refractivity contribution in [3.05, 3.63) is 48.0 Å². The van der Waals surface area contributed by atoms with Crippen molar-refractivity contribution in [3.8, 4) is 5.75 Å². The number of ether oxygens (including phenoxy) is 1. The molecule has 0 bridgehead atoms. The van der Waals surface area contributed by atoms with Gasteiger partial charge in [0.25, 0.3) is 0 Å². The van der Waals surface area contributed by atoms with Gasteiger partial charge in [-0.3, -0.25) is 0 Å². The Hall–Kier alpha value is -2.07. The maximum absolute atomic E-state index is 5.23. The summed E-state index contributed by atoms with van der Waals surface area (Å²) in [5.41, 5.74) is 3.39. The van der Waals surface area contributed by atoms with Crippen LogP contribution in [0.2, 0.25) is 0 Å². The molecule has 0 aliphatic carbocycles. The molecule has 2 aromatic carbocycles. The number of thiazole rings is 1. The summed E-state index contributed by atoms with van der Waals surface area (Å²) in [4.78, 5) is 4.58. The van der Waals surface area contributed by atoms with Crippen LogP contribution in [-0.2, 0) is 6.42 Å². The van der Waals surface area contributed by atoms with Crippen LogP contribution in [0.1, 0.15) is 12.5 Å². The molecule has 20 heavy (non-hydrogen) atoms. The highest BCUT2D eigenvalue weighted by Gasteiger charge is 2.05. The SMILES string of the molecule is CCc1ccc(Nc2nc3ccc(OC)cc3s2)cc1. The van der Waals surface area contributed by atoms with Crippen LogP contribution in [0.15, 0.2) is 42.5 Å². The molecule has 0 saturated carbocycles. The summed E-state index contributed by atoms with van der Waals surface area (Å²) in [6.45, 7) is 2.16. The maximum atomic E-state index is 5.23. The zero-order chi connectivity index (χ0) is 13.9. The van der Waals surface area contributed by atoms with Gasteiger partial charge in [-0.05, 0) is 42.3 Å². The lowest BCUT2D eigenvalue weighted by Crippen LogP contribution is -1.89. The summed E-state index contributed by atoms with van der Waals surface area (Å²) in [6, 6.07) is 14.4. The molecular formula is C16H16N2OS. The lowest BCUT2D eigenvalue weighted by Gasteiger charge is -2.03. The monoisotopic (exact) mass is 284 g/mol. The second-order valence-corrected chi connectivity index (χ2v) is 5.56. The van der Waals surface area contributed by atoms with Crippen LogP contribution in [0.25, 0.3) is 10.2 Å². The van der Waals surface area contributed by atoms with Crippen molar-refractivity contribution in [3.63, 3.8) is 0 Å². The molecule has 0 atom stereocenters. The summed E-state index contributed by atoms with van der Waals surface area (Å²) in [5, 5.41) is 4.25. The second kappa shape index (κ2) is 5.51. The molecule has 1 aromatic heterocycles. The van der Waals surface area contributed by atoms with Crippen LogP contribution >= 0.6 is 11.3 Å². The Bertz CT molecular complexity index is 719. The fraction of sp³-hybridized carbons (Fsp3) is 0.188. The van der Waals surface area contributed by atoms with Crippen molar-refractivity contribution < 1.29 is 4.74 Å². The van der Waals surface area contributed by atoms with E-state index in [0.717, 1.165) is 33.2 Å². The van der Waals surface area contributed by atoms with E-state index in [-0.39, 0.29) is 0 Å². The molecule has 3 aromatic rings. The minimum Gasteiger partial charge on any atom is -0.497 e.